The molecule has 0 atom stereocenters. The summed E-state index contributed by atoms with van der Waals surface area (Å²) >= 11 is 1.58. The van der Waals surface area contributed by atoms with Crippen LogP contribution in [0.5, 0.6) is 5.75 Å². The van der Waals surface area contributed by atoms with E-state index >= 15 is 0 Å². The van der Waals surface area contributed by atoms with E-state index in [0.29, 0.717) is 18.2 Å². The number of rotatable bonds is 8. The summed E-state index contributed by atoms with van der Waals surface area (Å²) in [5, 5.41) is 5.96. The van der Waals surface area contributed by atoms with Gasteiger partial charge >= 0.3 is 0 Å². The number of aromatic nitrogens is 2. The van der Waals surface area contributed by atoms with Crippen molar-refractivity contribution in [1.29, 1.82) is 0 Å². The molecule has 0 radical (unpaired) electrons. The summed E-state index contributed by atoms with van der Waals surface area (Å²) in [6.07, 6.45) is 6.73. The van der Waals surface area contributed by atoms with Crippen LogP contribution in [-0.4, -0.2) is 16.2 Å². The minimum absolute atomic E-state index is 0.249. The normalized spacial score (nSPS) is 11.0. The van der Waals surface area contributed by atoms with Gasteiger partial charge in [0, 0.05) is 12.4 Å². The van der Waals surface area contributed by atoms with Crippen LogP contribution >= 0.6 is 11.3 Å². The Labute approximate surface area is 166 Å². The highest BCUT2D eigenvalue weighted by molar-refractivity contribution is 7.13. The van der Waals surface area contributed by atoms with Crippen molar-refractivity contribution in [1.82, 2.24) is 9.97 Å². The molecule has 0 amide bonds. The van der Waals surface area contributed by atoms with Crippen LogP contribution in [0, 0.1) is 0 Å². The number of nitrogens with zero attached hydrogens (tertiary/aromatic N) is 3. The van der Waals surface area contributed by atoms with E-state index in [1.54, 1.807) is 36.2 Å². The Kier molecular flexibility index (Phi) is 5.74. The molecule has 28 heavy (non-hydrogen) atoms. The summed E-state index contributed by atoms with van der Waals surface area (Å²) < 4.78 is 11.2. The highest BCUT2D eigenvalue weighted by Crippen LogP contribution is 2.23. The van der Waals surface area contributed by atoms with Gasteiger partial charge in [-0.2, -0.15) is 0 Å². The fourth-order valence-corrected chi connectivity index (χ4v) is 3.04. The molecule has 3 heterocycles. The van der Waals surface area contributed by atoms with Gasteiger partial charge in [-0.3, -0.25) is 4.98 Å². The van der Waals surface area contributed by atoms with Crippen LogP contribution in [0.15, 0.2) is 82.1 Å². The van der Waals surface area contributed by atoms with Gasteiger partial charge in [0.05, 0.1) is 11.1 Å². The predicted molar refractivity (Wildman–Crippen MR) is 107 cm³/mol. The molecule has 0 spiro atoms. The third-order valence-electron chi connectivity index (χ3n) is 3.81. The summed E-state index contributed by atoms with van der Waals surface area (Å²) in [7, 11) is 0. The van der Waals surface area contributed by atoms with Gasteiger partial charge in [-0.05, 0) is 59.0 Å². The topological polar surface area (TPSA) is 69.7 Å². The quantitative estimate of drug-likeness (QED) is 0.315. The number of oxime groups is 1. The molecule has 0 bridgehead atoms. The van der Waals surface area contributed by atoms with E-state index in [1.807, 2.05) is 53.9 Å². The monoisotopic (exact) mass is 391 g/mol. The van der Waals surface area contributed by atoms with Crippen molar-refractivity contribution in [2.24, 2.45) is 5.16 Å². The third-order valence-corrected chi connectivity index (χ3v) is 4.67. The molecule has 140 valence electrons. The molecule has 0 aliphatic rings. The smallest absolute Gasteiger partial charge is 0.236 e. The van der Waals surface area contributed by atoms with E-state index < -0.39 is 0 Å². The molecule has 0 unspecified atom stereocenters. The molecular weight excluding hydrogens is 374 g/mol. The minimum Gasteiger partial charge on any atom is -0.489 e. The summed E-state index contributed by atoms with van der Waals surface area (Å²) in [5.41, 5.74) is 2.68. The molecule has 0 aliphatic carbocycles. The van der Waals surface area contributed by atoms with Crippen molar-refractivity contribution in [3.8, 4) is 16.5 Å². The predicted octanol–water partition coefficient (Wildman–Crippen LogP) is 4.93. The van der Waals surface area contributed by atoms with Crippen LogP contribution < -0.4 is 4.74 Å². The Balaban J connectivity index is 1.24. The minimum atomic E-state index is 0.249. The van der Waals surface area contributed by atoms with E-state index in [4.69, 9.17) is 14.0 Å². The van der Waals surface area contributed by atoms with Crippen molar-refractivity contribution in [2.45, 2.75) is 13.2 Å². The number of thiophene rings is 1. The van der Waals surface area contributed by atoms with E-state index in [0.717, 1.165) is 21.8 Å². The highest BCUT2D eigenvalue weighted by Gasteiger charge is 2.07. The van der Waals surface area contributed by atoms with E-state index in [2.05, 4.69) is 15.1 Å². The largest absolute Gasteiger partial charge is 0.489 e. The molecule has 0 fully saturated rings. The van der Waals surface area contributed by atoms with Gasteiger partial charge in [0.25, 0.3) is 0 Å². The zero-order valence-electron chi connectivity index (χ0n) is 14.9. The lowest BCUT2D eigenvalue weighted by Crippen LogP contribution is -1.95. The van der Waals surface area contributed by atoms with Crippen LogP contribution in [0.3, 0.4) is 0 Å². The Morgan fingerprint density at radius 2 is 1.89 bits per heavy atom. The van der Waals surface area contributed by atoms with Crippen molar-refractivity contribution in [2.75, 3.05) is 0 Å². The molecular formula is C21H17N3O3S. The van der Waals surface area contributed by atoms with Crippen molar-refractivity contribution >= 4 is 17.6 Å². The number of benzene rings is 1. The van der Waals surface area contributed by atoms with Gasteiger partial charge in [-0.15, -0.1) is 11.3 Å². The zero-order valence-corrected chi connectivity index (χ0v) is 15.7. The van der Waals surface area contributed by atoms with Crippen molar-refractivity contribution in [3.05, 3.63) is 89.4 Å². The molecule has 1 aromatic carbocycles. The maximum Gasteiger partial charge on any atom is 0.236 e. The van der Waals surface area contributed by atoms with Gasteiger partial charge < -0.3 is 14.0 Å². The number of ether oxygens (including phenoxy) is 1. The lowest BCUT2D eigenvalue weighted by atomic mass is 10.2. The van der Waals surface area contributed by atoms with Crippen LogP contribution in [0.4, 0.5) is 0 Å². The molecule has 0 N–H and O–H groups in total. The average Bonchev–Trinajstić information content (AvgIpc) is 3.43. The van der Waals surface area contributed by atoms with Crippen LogP contribution in [0.2, 0.25) is 0 Å². The Morgan fingerprint density at radius 1 is 1.04 bits per heavy atom. The second kappa shape index (κ2) is 8.96. The Morgan fingerprint density at radius 3 is 2.68 bits per heavy atom. The first-order chi connectivity index (χ1) is 13.9. The molecule has 4 rings (SSSR count). The average molecular weight is 391 g/mol. The van der Waals surface area contributed by atoms with Gasteiger partial charge in [-0.25, -0.2) is 4.98 Å². The number of hydrogen-bond acceptors (Lipinski definition) is 7. The van der Waals surface area contributed by atoms with Gasteiger partial charge in [-0.1, -0.05) is 11.2 Å². The van der Waals surface area contributed by atoms with Gasteiger partial charge in [0.15, 0.2) is 6.61 Å². The standard InChI is InChI=1S/C21H17N3O3S/c1-2-20(28-11-1)21-24-18(14-26-21)15-27-23-12-16-3-5-19(6-4-16)25-13-17-7-9-22-10-8-17/h1-12,14H,13,15H2/b23-12+. The molecule has 0 saturated heterocycles. The second-order valence-corrected chi connectivity index (χ2v) is 6.79. The Hall–Kier alpha value is -3.45. The third kappa shape index (κ3) is 4.83. The lowest BCUT2D eigenvalue weighted by Gasteiger charge is -2.06. The molecule has 6 nitrogen and oxygen atoms in total. The number of oxazole rings is 1. The van der Waals surface area contributed by atoms with Crippen molar-refractivity contribution < 1.29 is 14.0 Å². The fraction of sp³-hybridized carbons (Fsp3) is 0.0952. The first-order valence-electron chi connectivity index (χ1n) is 8.62. The summed E-state index contributed by atoms with van der Waals surface area (Å²) in [4.78, 5) is 14.7. The first kappa shape index (κ1) is 17.9. The van der Waals surface area contributed by atoms with Crippen LogP contribution in [-0.2, 0) is 18.1 Å². The van der Waals surface area contributed by atoms with Crippen LogP contribution in [0.1, 0.15) is 16.8 Å². The lowest BCUT2D eigenvalue weighted by molar-refractivity contribution is 0.129. The second-order valence-electron chi connectivity index (χ2n) is 5.84. The molecule has 0 aliphatic heterocycles. The molecule has 3 aromatic heterocycles. The first-order valence-corrected chi connectivity index (χ1v) is 9.50. The van der Waals surface area contributed by atoms with E-state index in [9.17, 15) is 0 Å². The van der Waals surface area contributed by atoms with Gasteiger partial charge in [0.1, 0.15) is 24.3 Å². The number of hydrogen-bond donors (Lipinski definition) is 0. The molecule has 4 aromatic rings. The van der Waals surface area contributed by atoms with Crippen LogP contribution in [0.25, 0.3) is 10.8 Å². The van der Waals surface area contributed by atoms with E-state index in [-0.39, 0.29) is 6.61 Å². The van der Waals surface area contributed by atoms with Crippen molar-refractivity contribution in [3.63, 3.8) is 0 Å². The summed E-state index contributed by atoms with van der Waals surface area (Å²) in [6, 6.07) is 15.4. The summed E-state index contributed by atoms with van der Waals surface area (Å²) in [6.45, 7) is 0.753. The van der Waals surface area contributed by atoms with Gasteiger partial charge in [0.2, 0.25) is 5.89 Å². The highest BCUT2D eigenvalue weighted by atomic mass is 32.1. The fourth-order valence-electron chi connectivity index (χ4n) is 2.38. The maximum absolute atomic E-state index is 5.74. The number of pyridine rings is 1. The zero-order chi connectivity index (χ0) is 19.0. The Bertz CT molecular complexity index is 1010. The van der Waals surface area contributed by atoms with E-state index in [1.165, 1.54) is 0 Å². The molecule has 7 heteroatoms. The SMILES string of the molecule is C(=N\OCc1coc(-c2cccs2)n1)/c1ccc(OCc2ccncc2)cc1. The maximum atomic E-state index is 5.74. The summed E-state index contributed by atoms with van der Waals surface area (Å²) in [5.74, 6) is 1.39. The molecule has 0 saturated carbocycles.